The summed E-state index contributed by atoms with van der Waals surface area (Å²) in [6.07, 6.45) is 3.13. The van der Waals surface area contributed by atoms with Crippen LogP contribution < -0.4 is 5.32 Å². The quantitative estimate of drug-likeness (QED) is 0.818. The van der Waals surface area contributed by atoms with Crippen molar-refractivity contribution in [3.8, 4) is 0 Å². The van der Waals surface area contributed by atoms with Gasteiger partial charge in [0.25, 0.3) is 0 Å². The normalized spacial score (nSPS) is 22.4. The van der Waals surface area contributed by atoms with E-state index in [-0.39, 0.29) is 0 Å². The molecule has 1 aromatic heterocycles. The molecule has 3 nitrogen and oxygen atoms in total. The predicted octanol–water partition coefficient (Wildman–Crippen LogP) is 1.84. The molecular formula is C12H20N2O. The molecule has 0 radical (unpaired) electrons. The lowest BCUT2D eigenvalue weighted by Crippen LogP contribution is -2.20. The Morgan fingerprint density at radius 1 is 1.60 bits per heavy atom. The Balaban J connectivity index is 1.95. The van der Waals surface area contributed by atoms with Gasteiger partial charge in [-0.25, -0.2) is 0 Å². The fraction of sp³-hybridized carbons (Fsp3) is 0.667. The minimum atomic E-state index is 0.825. The van der Waals surface area contributed by atoms with Crippen molar-refractivity contribution in [2.75, 3.05) is 20.1 Å². The third-order valence-electron chi connectivity index (χ3n) is 3.08. The van der Waals surface area contributed by atoms with E-state index in [1.807, 2.05) is 7.05 Å². The number of likely N-dealkylation sites (tertiary alicyclic amines) is 1. The summed E-state index contributed by atoms with van der Waals surface area (Å²) in [5.74, 6) is 1.93. The van der Waals surface area contributed by atoms with Gasteiger partial charge in [-0.2, -0.15) is 0 Å². The first-order valence-electron chi connectivity index (χ1n) is 5.72. The van der Waals surface area contributed by atoms with Crippen LogP contribution >= 0.6 is 0 Å². The number of rotatable bonds is 4. The Morgan fingerprint density at radius 2 is 2.47 bits per heavy atom. The molecule has 0 aliphatic carbocycles. The summed E-state index contributed by atoms with van der Waals surface area (Å²) in [4.78, 5) is 2.51. The van der Waals surface area contributed by atoms with Crippen molar-refractivity contribution in [3.05, 3.63) is 23.7 Å². The molecule has 1 unspecified atom stereocenters. The van der Waals surface area contributed by atoms with Gasteiger partial charge in [-0.15, -0.1) is 0 Å². The van der Waals surface area contributed by atoms with Crippen LogP contribution in [0.2, 0.25) is 0 Å². The number of nitrogens with one attached hydrogen (secondary N) is 1. The summed E-state index contributed by atoms with van der Waals surface area (Å²) in [6, 6.07) is 2.09. The van der Waals surface area contributed by atoms with E-state index in [4.69, 9.17) is 4.42 Å². The van der Waals surface area contributed by atoms with Crippen LogP contribution in [0.3, 0.4) is 0 Å². The van der Waals surface area contributed by atoms with Crippen molar-refractivity contribution in [2.24, 2.45) is 5.92 Å². The Hall–Kier alpha value is -0.800. The molecule has 0 spiro atoms. The molecule has 2 rings (SSSR count). The van der Waals surface area contributed by atoms with E-state index in [1.54, 1.807) is 6.26 Å². The molecule has 3 heteroatoms. The number of nitrogens with zero attached hydrogens (tertiary/aromatic N) is 1. The number of furan rings is 1. The van der Waals surface area contributed by atoms with Gasteiger partial charge in [0.15, 0.2) is 0 Å². The van der Waals surface area contributed by atoms with E-state index in [1.165, 1.54) is 25.1 Å². The van der Waals surface area contributed by atoms with Crippen LogP contribution in [0.1, 0.15) is 24.7 Å². The van der Waals surface area contributed by atoms with Gasteiger partial charge < -0.3 is 9.73 Å². The van der Waals surface area contributed by atoms with Crippen molar-refractivity contribution in [1.29, 1.82) is 0 Å². The second kappa shape index (κ2) is 4.81. The Bertz CT molecular complexity index is 308. The van der Waals surface area contributed by atoms with Crippen LogP contribution in [0.5, 0.6) is 0 Å². The van der Waals surface area contributed by atoms with Gasteiger partial charge >= 0.3 is 0 Å². The predicted molar refractivity (Wildman–Crippen MR) is 60.5 cm³/mol. The molecule has 1 aliphatic heterocycles. The van der Waals surface area contributed by atoms with Gasteiger partial charge in [0.1, 0.15) is 5.76 Å². The lowest BCUT2D eigenvalue weighted by atomic mass is 10.2. The molecule has 1 N–H and O–H groups in total. The lowest BCUT2D eigenvalue weighted by molar-refractivity contribution is 0.316. The summed E-state index contributed by atoms with van der Waals surface area (Å²) in [5.41, 5.74) is 1.33. The van der Waals surface area contributed by atoms with Crippen molar-refractivity contribution in [3.63, 3.8) is 0 Å². The van der Waals surface area contributed by atoms with Crippen LogP contribution in [0.4, 0.5) is 0 Å². The van der Waals surface area contributed by atoms with E-state index in [0.29, 0.717) is 0 Å². The molecule has 0 amide bonds. The Morgan fingerprint density at radius 3 is 3.13 bits per heavy atom. The molecule has 0 aromatic carbocycles. The summed E-state index contributed by atoms with van der Waals surface area (Å²) < 4.78 is 5.45. The molecular weight excluding hydrogens is 188 g/mol. The van der Waals surface area contributed by atoms with Gasteiger partial charge in [-0.1, -0.05) is 6.92 Å². The second-order valence-electron chi connectivity index (χ2n) is 4.53. The second-order valence-corrected chi connectivity index (χ2v) is 4.53. The standard InChI is InChI=1S/C12H20N2O/c1-10-3-5-14(8-10)9-11-4-6-15-12(11)7-13-2/h4,6,10,13H,3,5,7-9H2,1-2H3. The van der Waals surface area contributed by atoms with E-state index >= 15 is 0 Å². The summed E-state index contributed by atoms with van der Waals surface area (Å²) in [6.45, 7) is 6.64. The van der Waals surface area contributed by atoms with Crippen LogP contribution in [0.25, 0.3) is 0 Å². The van der Waals surface area contributed by atoms with Crippen molar-refractivity contribution in [2.45, 2.75) is 26.4 Å². The smallest absolute Gasteiger partial charge is 0.122 e. The zero-order valence-electron chi connectivity index (χ0n) is 9.62. The van der Waals surface area contributed by atoms with Crippen molar-refractivity contribution < 1.29 is 4.42 Å². The SMILES string of the molecule is CNCc1occc1CN1CCC(C)C1. The first-order valence-corrected chi connectivity index (χ1v) is 5.72. The average Bonchev–Trinajstić information content (AvgIpc) is 2.78. The molecule has 1 saturated heterocycles. The highest BCUT2D eigenvalue weighted by Gasteiger charge is 2.19. The highest BCUT2D eigenvalue weighted by Crippen LogP contribution is 2.20. The molecule has 15 heavy (non-hydrogen) atoms. The van der Waals surface area contributed by atoms with Gasteiger partial charge in [0, 0.05) is 18.7 Å². The maximum atomic E-state index is 5.45. The zero-order chi connectivity index (χ0) is 10.7. The molecule has 1 fully saturated rings. The highest BCUT2D eigenvalue weighted by molar-refractivity contribution is 5.17. The molecule has 1 atom stereocenters. The maximum Gasteiger partial charge on any atom is 0.122 e. The maximum absolute atomic E-state index is 5.45. The first kappa shape index (κ1) is 10.7. The van der Waals surface area contributed by atoms with Crippen LogP contribution in [-0.4, -0.2) is 25.0 Å². The fourth-order valence-electron chi connectivity index (χ4n) is 2.23. The number of hydrogen-bond donors (Lipinski definition) is 1. The topological polar surface area (TPSA) is 28.4 Å². The molecule has 2 heterocycles. The average molecular weight is 208 g/mol. The third kappa shape index (κ3) is 2.61. The number of hydrogen-bond acceptors (Lipinski definition) is 3. The van der Waals surface area contributed by atoms with E-state index in [9.17, 15) is 0 Å². The fourth-order valence-corrected chi connectivity index (χ4v) is 2.23. The Labute approximate surface area is 91.4 Å². The molecule has 1 aliphatic rings. The van der Waals surface area contributed by atoms with Gasteiger partial charge in [0.05, 0.1) is 12.8 Å². The summed E-state index contributed by atoms with van der Waals surface area (Å²) in [5, 5.41) is 3.13. The Kier molecular flexibility index (Phi) is 3.44. The van der Waals surface area contributed by atoms with E-state index < -0.39 is 0 Å². The monoisotopic (exact) mass is 208 g/mol. The zero-order valence-corrected chi connectivity index (χ0v) is 9.62. The van der Waals surface area contributed by atoms with E-state index in [0.717, 1.165) is 24.8 Å². The van der Waals surface area contributed by atoms with Gasteiger partial charge in [-0.05, 0) is 32.0 Å². The van der Waals surface area contributed by atoms with Crippen LogP contribution in [-0.2, 0) is 13.1 Å². The molecule has 84 valence electrons. The first-order chi connectivity index (χ1) is 7.29. The lowest BCUT2D eigenvalue weighted by Gasteiger charge is -2.14. The highest BCUT2D eigenvalue weighted by atomic mass is 16.3. The van der Waals surface area contributed by atoms with Crippen molar-refractivity contribution >= 4 is 0 Å². The van der Waals surface area contributed by atoms with E-state index in [2.05, 4.69) is 23.2 Å². The van der Waals surface area contributed by atoms with Gasteiger partial charge in [-0.3, -0.25) is 4.90 Å². The largest absolute Gasteiger partial charge is 0.468 e. The van der Waals surface area contributed by atoms with Gasteiger partial charge in [0.2, 0.25) is 0 Å². The van der Waals surface area contributed by atoms with Crippen LogP contribution in [0.15, 0.2) is 16.7 Å². The summed E-state index contributed by atoms with van der Waals surface area (Å²) in [7, 11) is 1.95. The third-order valence-corrected chi connectivity index (χ3v) is 3.08. The minimum absolute atomic E-state index is 0.825. The molecule has 0 saturated carbocycles. The minimum Gasteiger partial charge on any atom is -0.468 e. The molecule has 1 aromatic rings. The molecule has 0 bridgehead atoms. The van der Waals surface area contributed by atoms with Crippen molar-refractivity contribution in [1.82, 2.24) is 10.2 Å². The summed E-state index contributed by atoms with van der Waals surface area (Å²) >= 11 is 0. The van der Waals surface area contributed by atoms with Crippen LogP contribution in [0, 0.1) is 5.92 Å².